The largest absolute Gasteiger partial charge is 0.325 e. The number of carbonyl (C=O) groups is 1. The van der Waals surface area contributed by atoms with Crippen LogP contribution in [0.5, 0.6) is 0 Å². The van der Waals surface area contributed by atoms with Crippen molar-refractivity contribution < 1.29 is 4.79 Å². The maximum atomic E-state index is 13.6. The second-order valence-corrected chi connectivity index (χ2v) is 10.1. The van der Waals surface area contributed by atoms with Gasteiger partial charge in [0, 0.05) is 10.6 Å². The molecular formula is C28H23N3O2S2. The van der Waals surface area contributed by atoms with Gasteiger partial charge in [0.25, 0.3) is 5.56 Å². The number of hydrogen-bond donors (Lipinski definition) is 1. The first-order valence-electron chi connectivity index (χ1n) is 11.2. The molecule has 5 nitrogen and oxygen atoms in total. The van der Waals surface area contributed by atoms with Crippen LogP contribution in [-0.2, 0) is 4.79 Å². The third-order valence-electron chi connectivity index (χ3n) is 5.69. The van der Waals surface area contributed by atoms with Crippen molar-refractivity contribution in [1.82, 2.24) is 9.55 Å². The second-order valence-electron chi connectivity index (χ2n) is 8.17. The Labute approximate surface area is 211 Å². The zero-order valence-corrected chi connectivity index (χ0v) is 21.0. The molecule has 35 heavy (non-hydrogen) atoms. The molecule has 5 aromatic rings. The van der Waals surface area contributed by atoms with Gasteiger partial charge in [-0.25, -0.2) is 4.98 Å². The number of benzene rings is 3. The molecule has 2 heterocycles. The quantitative estimate of drug-likeness (QED) is 0.216. The monoisotopic (exact) mass is 497 g/mol. The molecule has 0 atom stereocenters. The van der Waals surface area contributed by atoms with E-state index in [-0.39, 0.29) is 17.2 Å². The first kappa shape index (κ1) is 23.1. The Hall–Kier alpha value is -3.68. The number of para-hydroxylation sites is 2. The van der Waals surface area contributed by atoms with E-state index in [1.165, 1.54) is 23.1 Å². The van der Waals surface area contributed by atoms with Gasteiger partial charge in [0.15, 0.2) is 5.16 Å². The van der Waals surface area contributed by atoms with Crippen molar-refractivity contribution >= 4 is 44.9 Å². The van der Waals surface area contributed by atoms with E-state index < -0.39 is 0 Å². The van der Waals surface area contributed by atoms with Crippen LogP contribution in [0.2, 0.25) is 0 Å². The topological polar surface area (TPSA) is 64.0 Å². The van der Waals surface area contributed by atoms with Crippen LogP contribution in [0.1, 0.15) is 11.1 Å². The van der Waals surface area contributed by atoms with Gasteiger partial charge in [-0.05, 0) is 48.7 Å². The van der Waals surface area contributed by atoms with Crippen LogP contribution in [0.25, 0.3) is 26.3 Å². The summed E-state index contributed by atoms with van der Waals surface area (Å²) >= 11 is 2.75. The molecule has 0 bridgehead atoms. The minimum Gasteiger partial charge on any atom is -0.325 e. The van der Waals surface area contributed by atoms with Crippen molar-refractivity contribution in [2.45, 2.75) is 19.0 Å². The molecule has 0 fully saturated rings. The molecular weight excluding hydrogens is 474 g/mol. The molecule has 7 heteroatoms. The van der Waals surface area contributed by atoms with E-state index in [0.717, 1.165) is 32.9 Å². The van der Waals surface area contributed by atoms with E-state index >= 15 is 0 Å². The third-order valence-corrected chi connectivity index (χ3v) is 7.70. The Bertz CT molecular complexity index is 1550. The summed E-state index contributed by atoms with van der Waals surface area (Å²) in [6.07, 6.45) is 0. The highest BCUT2D eigenvalue weighted by molar-refractivity contribution is 7.99. The number of nitrogens with zero attached hydrogens (tertiary/aromatic N) is 2. The van der Waals surface area contributed by atoms with Crippen LogP contribution in [-0.4, -0.2) is 21.2 Å². The fourth-order valence-electron chi connectivity index (χ4n) is 3.93. The summed E-state index contributed by atoms with van der Waals surface area (Å²) in [7, 11) is 0. The number of aryl methyl sites for hydroxylation is 2. The lowest BCUT2D eigenvalue weighted by molar-refractivity contribution is -0.113. The van der Waals surface area contributed by atoms with E-state index in [9.17, 15) is 9.59 Å². The fourth-order valence-corrected chi connectivity index (χ4v) is 5.82. The smallest absolute Gasteiger partial charge is 0.267 e. The fraction of sp³-hybridized carbons (Fsp3) is 0.107. The molecule has 1 amide bonds. The molecule has 0 saturated heterocycles. The Kier molecular flexibility index (Phi) is 6.53. The maximum absolute atomic E-state index is 13.6. The predicted molar refractivity (Wildman–Crippen MR) is 146 cm³/mol. The average Bonchev–Trinajstić information content (AvgIpc) is 3.31. The summed E-state index contributed by atoms with van der Waals surface area (Å²) in [5.41, 5.74) is 4.47. The summed E-state index contributed by atoms with van der Waals surface area (Å²) in [5.74, 6) is -0.00680. The molecule has 1 N–H and O–H groups in total. The van der Waals surface area contributed by atoms with Gasteiger partial charge in [0.2, 0.25) is 5.91 Å². The zero-order chi connectivity index (χ0) is 24.4. The predicted octanol–water partition coefficient (Wildman–Crippen LogP) is 6.46. The lowest BCUT2D eigenvalue weighted by Crippen LogP contribution is -2.22. The van der Waals surface area contributed by atoms with Gasteiger partial charge in [-0.2, -0.15) is 0 Å². The van der Waals surface area contributed by atoms with E-state index in [0.29, 0.717) is 15.4 Å². The minimum atomic E-state index is -0.141. The Morgan fingerprint density at radius 2 is 1.60 bits per heavy atom. The Morgan fingerprint density at radius 1 is 0.943 bits per heavy atom. The van der Waals surface area contributed by atoms with Crippen molar-refractivity contribution in [3.63, 3.8) is 0 Å². The SMILES string of the molecule is Cc1cccc(C)c1NC(=O)CSc1nc2sc(-c3ccccc3)cc2c(=O)n1-c1ccccc1. The highest BCUT2D eigenvalue weighted by Crippen LogP contribution is 2.33. The maximum Gasteiger partial charge on any atom is 0.267 e. The molecule has 0 aliphatic rings. The molecule has 3 aromatic carbocycles. The summed E-state index contributed by atoms with van der Waals surface area (Å²) in [4.78, 5) is 33.0. The van der Waals surface area contributed by atoms with E-state index in [4.69, 9.17) is 4.98 Å². The van der Waals surface area contributed by atoms with Gasteiger partial charge in [-0.1, -0.05) is 78.5 Å². The van der Waals surface area contributed by atoms with Crippen molar-refractivity contribution in [3.05, 3.63) is 106 Å². The van der Waals surface area contributed by atoms with Crippen LogP contribution < -0.4 is 10.9 Å². The molecule has 5 rings (SSSR count). The number of hydrogen-bond acceptors (Lipinski definition) is 5. The zero-order valence-electron chi connectivity index (χ0n) is 19.3. The number of nitrogens with one attached hydrogen (secondary N) is 1. The van der Waals surface area contributed by atoms with Crippen LogP contribution in [0, 0.1) is 13.8 Å². The molecule has 0 aliphatic heterocycles. The van der Waals surface area contributed by atoms with Crippen LogP contribution >= 0.6 is 23.1 Å². The summed E-state index contributed by atoms with van der Waals surface area (Å²) < 4.78 is 1.60. The number of thiophene rings is 1. The van der Waals surface area contributed by atoms with Crippen LogP contribution in [0.3, 0.4) is 0 Å². The first-order chi connectivity index (χ1) is 17.0. The lowest BCUT2D eigenvalue weighted by Gasteiger charge is -2.13. The van der Waals surface area contributed by atoms with Gasteiger partial charge < -0.3 is 5.32 Å². The Morgan fingerprint density at radius 3 is 2.29 bits per heavy atom. The molecule has 0 unspecified atom stereocenters. The minimum absolute atomic E-state index is 0.134. The average molecular weight is 498 g/mol. The summed E-state index contributed by atoms with van der Waals surface area (Å²) in [5, 5.41) is 4.08. The second kappa shape index (κ2) is 9.90. The standard InChI is InChI=1S/C28H23N3O2S2/c1-18-10-9-11-19(2)25(18)29-24(32)17-34-28-30-26-22(16-23(35-26)20-12-5-3-6-13-20)27(33)31(28)21-14-7-4-8-15-21/h3-16H,17H2,1-2H3,(H,29,32). The summed E-state index contributed by atoms with van der Waals surface area (Å²) in [6, 6.07) is 27.2. The first-order valence-corrected chi connectivity index (χ1v) is 13.0. The number of carbonyl (C=O) groups excluding carboxylic acids is 1. The number of fused-ring (bicyclic) bond motifs is 1. The van der Waals surface area contributed by atoms with Gasteiger partial charge in [0.05, 0.1) is 16.8 Å². The van der Waals surface area contributed by atoms with Gasteiger partial charge >= 0.3 is 0 Å². The van der Waals surface area contributed by atoms with Crippen molar-refractivity contribution in [3.8, 4) is 16.1 Å². The van der Waals surface area contributed by atoms with Crippen LogP contribution in [0.15, 0.2) is 94.9 Å². The number of thioether (sulfide) groups is 1. The molecule has 0 spiro atoms. The molecule has 174 valence electrons. The number of rotatable bonds is 6. The van der Waals surface area contributed by atoms with Crippen LogP contribution in [0.4, 0.5) is 5.69 Å². The Balaban J connectivity index is 1.52. The van der Waals surface area contributed by atoms with Crippen molar-refractivity contribution in [2.75, 3.05) is 11.1 Å². The lowest BCUT2D eigenvalue weighted by atomic mass is 10.1. The normalized spacial score (nSPS) is 11.0. The number of aromatic nitrogens is 2. The summed E-state index contributed by atoms with van der Waals surface area (Å²) in [6.45, 7) is 3.94. The van der Waals surface area contributed by atoms with E-state index in [2.05, 4.69) is 5.32 Å². The molecule has 2 aromatic heterocycles. The van der Waals surface area contributed by atoms with Crippen molar-refractivity contribution in [1.29, 1.82) is 0 Å². The van der Waals surface area contributed by atoms with E-state index in [1.54, 1.807) is 4.57 Å². The molecule has 0 saturated carbocycles. The highest BCUT2D eigenvalue weighted by Gasteiger charge is 2.18. The van der Waals surface area contributed by atoms with Gasteiger partial charge in [-0.15, -0.1) is 11.3 Å². The third kappa shape index (κ3) is 4.78. The number of amides is 1. The highest BCUT2D eigenvalue weighted by atomic mass is 32.2. The van der Waals surface area contributed by atoms with Crippen molar-refractivity contribution in [2.24, 2.45) is 0 Å². The molecule has 0 radical (unpaired) electrons. The van der Waals surface area contributed by atoms with E-state index in [1.807, 2.05) is 98.8 Å². The molecule has 0 aliphatic carbocycles. The van der Waals surface area contributed by atoms with Gasteiger partial charge in [0.1, 0.15) is 4.83 Å². The van der Waals surface area contributed by atoms with Gasteiger partial charge in [-0.3, -0.25) is 14.2 Å². The number of anilines is 1.